The minimum atomic E-state index is -0.156. The summed E-state index contributed by atoms with van der Waals surface area (Å²) in [5.41, 5.74) is 4.03. The predicted molar refractivity (Wildman–Crippen MR) is 132 cm³/mol. The number of likely N-dealkylation sites (tertiary alicyclic amines) is 1. The number of amides is 2. The molecule has 1 aromatic heterocycles. The number of aryl methyl sites for hydroxylation is 2. The summed E-state index contributed by atoms with van der Waals surface area (Å²) in [6, 6.07) is 13.5. The van der Waals surface area contributed by atoms with Gasteiger partial charge in [0.1, 0.15) is 5.69 Å². The zero-order chi connectivity index (χ0) is 23.3. The maximum atomic E-state index is 13.7. The molecule has 3 aromatic rings. The molecule has 5 rings (SSSR count). The summed E-state index contributed by atoms with van der Waals surface area (Å²) in [5.74, 6) is 0.764. The Bertz CT molecular complexity index is 1250. The van der Waals surface area contributed by atoms with E-state index in [4.69, 9.17) is 11.6 Å². The van der Waals surface area contributed by atoms with Gasteiger partial charge in [0.15, 0.2) is 0 Å². The van der Waals surface area contributed by atoms with Crippen molar-refractivity contribution in [2.45, 2.75) is 33.2 Å². The molecule has 2 aliphatic rings. The molecule has 0 bridgehead atoms. The van der Waals surface area contributed by atoms with Crippen LogP contribution in [0.1, 0.15) is 43.4 Å². The highest BCUT2D eigenvalue weighted by molar-refractivity contribution is 7.15. The van der Waals surface area contributed by atoms with E-state index < -0.39 is 0 Å². The van der Waals surface area contributed by atoms with E-state index in [-0.39, 0.29) is 17.9 Å². The quantitative estimate of drug-likeness (QED) is 0.541. The van der Waals surface area contributed by atoms with Gasteiger partial charge in [0.05, 0.1) is 15.9 Å². The zero-order valence-corrected chi connectivity index (χ0v) is 20.5. The van der Waals surface area contributed by atoms with Crippen LogP contribution in [0.15, 0.2) is 42.5 Å². The molecular weight excluding hydrogens is 454 g/mol. The minimum absolute atomic E-state index is 0.0155. The Kier molecular flexibility index (Phi) is 5.75. The molecule has 1 saturated heterocycles. The van der Waals surface area contributed by atoms with Gasteiger partial charge in [-0.3, -0.25) is 9.59 Å². The average molecular weight is 480 g/mol. The lowest BCUT2D eigenvalue weighted by atomic mass is 10.1. The number of nitrogens with zero attached hydrogens (tertiary/aromatic N) is 2. The van der Waals surface area contributed by atoms with E-state index in [0.29, 0.717) is 34.7 Å². The van der Waals surface area contributed by atoms with Crippen molar-refractivity contribution in [3.05, 3.63) is 74.9 Å². The second-order valence-electron chi connectivity index (χ2n) is 9.09. The summed E-state index contributed by atoms with van der Waals surface area (Å²) < 4.78 is 0. The van der Waals surface area contributed by atoms with E-state index >= 15 is 0 Å². The van der Waals surface area contributed by atoms with Crippen LogP contribution in [0.25, 0.3) is 10.4 Å². The predicted octanol–water partition coefficient (Wildman–Crippen LogP) is 5.28. The van der Waals surface area contributed by atoms with Crippen molar-refractivity contribution < 1.29 is 9.59 Å². The van der Waals surface area contributed by atoms with Crippen LogP contribution in [-0.2, 0) is 0 Å². The molecule has 5 nitrogen and oxygen atoms in total. The van der Waals surface area contributed by atoms with Crippen molar-refractivity contribution >= 4 is 34.8 Å². The number of rotatable bonds is 5. The summed E-state index contributed by atoms with van der Waals surface area (Å²) >= 11 is 7.74. The highest BCUT2D eigenvalue weighted by Crippen LogP contribution is 2.50. The van der Waals surface area contributed by atoms with Crippen molar-refractivity contribution in [2.24, 2.45) is 11.8 Å². The largest absolute Gasteiger partial charge is 0.350 e. The fraction of sp³-hybridized carbons (Fsp3) is 0.346. The standard InChI is InChI=1S/C26H26ClN3O2S/c1-14-6-4-7-17(10-14)24-23(29-16(3)33-24)26(32)30-13-18-11-20(18)22(30)12-28-25(31)19-8-5-9-21(27)15(19)2/h4-10,18,20,22H,11-13H2,1-3H3,(H,28,31)/t18-,20?,22+/m0/s1. The molecule has 1 aliphatic heterocycles. The first-order chi connectivity index (χ1) is 15.8. The molecule has 1 aliphatic carbocycles. The molecule has 3 atom stereocenters. The van der Waals surface area contributed by atoms with Gasteiger partial charge < -0.3 is 10.2 Å². The molecule has 1 N–H and O–H groups in total. The van der Waals surface area contributed by atoms with Gasteiger partial charge in [0, 0.05) is 23.7 Å². The monoisotopic (exact) mass is 479 g/mol. The Morgan fingerprint density at radius 1 is 1.18 bits per heavy atom. The number of aromatic nitrogens is 1. The van der Waals surface area contributed by atoms with Gasteiger partial charge in [0.25, 0.3) is 11.8 Å². The number of nitrogens with one attached hydrogen (secondary N) is 1. The number of fused-ring (bicyclic) bond motifs is 1. The Balaban J connectivity index is 1.36. The first-order valence-corrected chi connectivity index (χ1v) is 12.4. The lowest BCUT2D eigenvalue weighted by Gasteiger charge is -2.27. The van der Waals surface area contributed by atoms with E-state index in [9.17, 15) is 9.59 Å². The SMILES string of the molecule is Cc1cccc(-c2sc(C)nc2C(=O)N2C[C@@H]3CC3[C@H]2CNC(=O)c2cccc(Cl)c2C)c1. The zero-order valence-electron chi connectivity index (χ0n) is 18.9. The molecule has 0 radical (unpaired) electrons. The maximum Gasteiger partial charge on any atom is 0.274 e. The smallest absolute Gasteiger partial charge is 0.274 e. The van der Waals surface area contributed by atoms with Crippen LogP contribution in [0.4, 0.5) is 0 Å². The number of carbonyl (C=O) groups is 2. The first-order valence-electron chi connectivity index (χ1n) is 11.2. The molecule has 7 heteroatoms. The van der Waals surface area contributed by atoms with Gasteiger partial charge in [-0.2, -0.15) is 0 Å². The second-order valence-corrected chi connectivity index (χ2v) is 10.7. The molecule has 2 amide bonds. The fourth-order valence-electron chi connectivity index (χ4n) is 4.90. The molecule has 2 fully saturated rings. The molecule has 0 spiro atoms. The van der Waals surface area contributed by atoms with Crippen molar-refractivity contribution in [3.8, 4) is 10.4 Å². The topological polar surface area (TPSA) is 62.3 Å². The summed E-state index contributed by atoms with van der Waals surface area (Å²) in [6.45, 7) is 6.99. The van der Waals surface area contributed by atoms with Crippen molar-refractivity contribution in [2.75, 3.05) is 13.1 Å². The van der Waals surface area contributed by atoms with Gasteiger partial charge in [-0.1, -0.05) is 47.5 Å². The van der Waals surface area contributed by atoms with Crippen LogP contribution in [0.5, 0.6) is 0 Å². The van der Waals surface area contributed by atoms with Crippen molar-refractivity contribution in [1.82, 2.24) is 15.2 Å². The molecular formula is C26H26ClN3O2S. The van der Waals surface area contributed by atoms with Gasteiger partial charge >= 0.3 is 0 Å². The van der Waals surface area contributed by atoms with E-state index in [1.807, 2.05) is 43.9 Å². The van der Waals surface area contributed by atoms with Crippen molar-refractivity contribution in [1.29, 1.82) is 0 Å². The number of halogens is 1. The van der Waals surface area contributed by atoms with E-state index in [1.54, 1.807) is 29.5 Å². The Morgan fingerprint density at radius 3 is 2.76 bits per heavy atom. The lowest BCUT2D eigenvalue weighted by molar-refractivity contribution is 0.0690. The molecule has 2 heterocycles. The second kappa shape index (κ2) is 8.58. The summed E-state index contributed by atoms with van der Waals surface area (Å²) in [6.07, 6.45) is 1.11. The molecule has 33 heavy (non-hydrogen) atoms. The molecule has 170 valence electrons. The van der Waals surface area contributed by atoms with Gasteiger partial charge in [0.2, 0.25) is 0 Å². The normalized spacial score (nSPS) is 21.1. The van der Waals surface area contributed by atoms with E-state index in [2.05, 4.69) is 16.4 Å². The summed E-state index contributed by atoms with van der Waals surface area (Å²) in [7, 11) is 0. The number of carbonyl (C=O) groups excluding carboxylic acids is 2. The van der Waals surface area contributed by atoms with Gasteiger partial charge in [-0.15, -0.1) is 11.3 Å². The number of benzene rings is 2. The number of hydrogen-bond donors (Lipinski definition) is 1. The van der Waals surface area contributed by atoms with Crippen LogP contribution < -0.4 is 5.32 Å². The third kappa shape index (κ3) is 4.18. The number of hydrogen-bond acceptors (Lipinski definition) is 4. The molecule has 1 unspecified atom stereocenters. The maximum absolute atomic E-state index is 13.7. The summed E-state index contributed by atoms with van der Waals surface area (Å²) in [4.78, 5) is 34.0. The van der Waals surface area contributed by atoms with Crippen molar-refractivity contribution in [3.63, 3.8) is 0 Å². The third-order valence-electron chi connectivity index (χ3n) is 6.76. The number of thiazole rings is 1. The Labute approximate surface area is 202 Å². The van der Waals surface area contributed by atoms with Crippen LogP contribution in [0.2, 0.25) is 5.02 Å². The average Bonchev–Trinajstić information content (AvgIpc) is 3.30. The fourth-order valence-corrected chi connectivity index (χ4v) is 5.98. The Morgan fingerprint density at radius 2 is 1.97 bits per heavy atom. The minimum Gasteiger partial charge on any atom is -0.350 e. The lowest BCUT2D eigenvalue weighted by Crippen LogP contribution is -2.45. The van der Waals surface area contributed by atoms with Crippen LogP contribution in [0, 0.1) is 32.6 Å². The van der Waals surface area contributed by atoms with Gasteiger partial charge in [-0.05, 0) is 62.3 Å². The van der Waals surface area contributed by atoms with E-state index in [0.717, 1.165) is 39.5 Å². The Hall–Kier alpha value is -2.70. The number of piperidine rings is 1. The van der Waals surface area contributed by atoms with Gasteiger partial charge in [-0.25, -0.2) is 4.98 Å². The highest BCUT2D eigenvalue weighted by Gasteiger charge is 2.54. The van der Waals surface area contributed by atoms with E-state index in [1.165, 1.54) is 0 Å². The third-order valence-corrected chi connectivity index (χ3v) is 8.19. The van der Waals surface area contributed by atoms with Crippen LogP contribution >= 0.6 is 22.9 Å². The van der Waals surface area contributed by atoms with Crippen LogP contribution in [0.3, 0.4) is 0 Å². The summed E-state index contributed by atoms with van der Waals surface area (Å²) in [5, 5.41) is 4.50. The first kappa shape index (κ1) is 22.1. The molecule has 1 saturated carbocycles. The molecule has 2 aromatic carbocycles. The van der Waals surface area contributed by atoms with Crippen LogP contribution in [-0.4, -0.2) is 40.8 Å². The highest BCUT2D eigenvalue weighted by atomic mass is 35.5.